The summed E-state index contributed by atoms with van der Waals surface area (Å²) in [6, 6.07) is 13.4. The van der Waals surface area contributed by atoms with E-state index in [0.29, 0.717) is 50.6 Å². The van der Waals surface area contributed by atoms with Crippen LogP contribution >= 0.6 is 0 Å². The maximum Gasteiger partial charge on any atom is 0.243 e. The molecule has 2 aromatic carbocycles. The molecular weight excluding hydrogens is 464 g/mol. The zero-order chi connectivity index (χ0) is 24.6. The molecule has 1 aliphatic carbocycles. The molecule has 0 N–H and O–H groups in total. The number of sulfonamides is 1. The van der Waals surface area contributed by atoms with E-state index in [1.54, 1.807) is 17.0 Å². The number of imidazole rings is 1. The number of hydrogen-bond donors (Lipinski definition) is 0. The van der Waals surface area contributed by atoms with Crippen LogP contribution in [0.4, 0.5) is 0 Å². The van der Waals surface area contributed by atoms with Gasteiger partial charge in [-0.15, -0.1) is 0 Å². The molecule has 1 saturated heterocycles. The SMILES string of the molecule is CCOc1ccc(Cc2nc3cc(S(=O)(=O)N4CCN(C(C)=O)CC4)ccc3n2CC2CC2)cc1. The van der Waals surface area contributed by atoms with Crippen LogP contribution in [0.3, 0.4) is 0 Å². The van der Waals surface area contributed by atoms with Crippen LogP contribution in [-0.2, 0) is 27.8 Å². The molecule has 2 aliphatic rings. The number of benzene rings is 2. The van der Waals surface area contributed by atoms with E-state index in [1.165, 1.54) is 24.1 Å². The third kappa shape index (κ3) is 5.06. The number of amides is 1. The molecule has 35 heavy (non-hydrogen) atoms. The number of nitrogens with zero attached hydrogens (tertiary/aromatic N) is 4. The molecular formula is C26H32N4O4S. The lowest BCUT2D eigenvalue weighted by molar-refractivity contribution is -0.129. The molecule has 0 radical (unpaired) electrons. The third-order valence-corrected chi connectivity index (χ3v) is 8.75. The first kappa shape index (κ1) is 23.8. The van der Waals surface area contributed by atoms with Crippen molar-refractivity contribution >= 4 is 27.0 Å². The number of carbonyl (C=O) groups excluding carboxylic acids is 1. The van der Waals surface area contributed by atoms with Crippen LogP contribution in [-0.4, -0.2) is 65.9 Å². The Morgan fingerprint density at radius 3 is 2.40 bits per heavy atom. The van der Waals surface area contributed by atoms with Gasteiger partial charge < -0.3 is 14.2 Å². The van der Waals surface area contributed by atoms with Crippen molar-refractivity contribution in [3.8, 4) is 5.75 Å². The van der Waals surface area contributed by atoms with Gasteiger partial charge in [-0.1, -0.05) is 12.1 Å². The Morgan fingerprint density at radius 2 is 1.77 bits per heavy atom. The normalized spacial score (nSPS) is 17.1. The van der Waals surface area contributed by atoms with Gasteiger partial charge in [0.25, 0.3) is 0 Å². The Morgan fingerprint density at radius 1 is 1.06 bits per heavy atom. The van der Waals surface area contributed by atoms with Crippen molar-refractivity contribution in [2.45, 2.75) is 44.6 Å². The predicted molar refractivity (Wildman–Crippen MR) is 134 cm³/mol. The molecule has 0 spiro atoms. The average Bonchev–Trinajstić information content (AvgIpc) is 3.61. The summed E-state index contributed by atoms with van der Waals surface area (Å²) in [5, 5.41) is 0. The summed E-state index contributed by atoms with van der Waals surface area (Å²) in [5.74, 6) is 2.43. The second kappa shape index (κ2) is 9.62. The maximum absolute atomic E-state index is 13.3. The van der Waals surface area contributed by atoms with E-state index in [0.717, 1.165) is 29.2 Å². The van der Waals surface area contributed by atoms with Gasteiger partial charge in [0.2, 0.25) is 15.9 Å². The lowest BCUT2D eigenvalue weighted by Gasteiger charge is -2.33. The van der Waals surface area contributed by atoms with Crippen LogP contribution in [0.15, 0.2) is 47.4 Å². The largest absolute Gasteiger partial charge is 0.494 e. The fourth-order valence-corrected chi connectivity index (χ4v) is 6.11. The van der Waals surface area contributed by atoms with Crippen molar-refractivity contribution in [2.75, 3.05) is 32.8 Å². The van der Waals surface area contributed by atoms with Crippen LogP contribution in [0, 0.1) is 5.92 Å². The number of fused-ring (bicyclic) bond motifs is 1. The highest BCUT2D eigenvalue weighted by molar-refractivity contribution is 7.89. The lowest BCUT2D eigenvalue weighted by Crippen LogP contribution is -2.49. The minimum Gasteiger partial charge on any atom is -0.494 e. The number of carbonyl (C=O) groups is 1. The van der Waals surface area contributed by atoms with E-state index in [4.69, 9.17) is 9.72 Å². The highest BCUT2D eigenvalue weighted by Gasteiger charge is 2.30. The summed E-state index contributed by atoms with van der Waals surface area (Å²) in [6.07, 6.45) is 3.12. The zero-order valence-corrected chi connectivity index (χ0v) is 21.1. The monoisotopic (exact) mass is 496 g/mol. The number of ether oxygens (including phenoxy) is 1. The lowest BCUT2D eigenvalue weighted by atomic mass is 10.1. The highest BCUT2D eigenvalue weighted by atomic mass is 32.2. The topological polar surface area (TPSA) is 84.7 Å². The van der Waals surface area contributed by atoms with Gasteiger partial charge in [0.15, 0.2) is 0 Å². The van der Waals surface area contributed by atoms with Crippen LogP contribution in [0.25, 0.3) is 11.0 Å². The van der Waals surface area contributed by atoms with E-state index >= 15 is 0 Å². The van der Waals surface area contributed by atoms with Gasteiger partial charge >= 0.3 is 0 Å². The van der Waals surface area contributed by atoms with Gasteiger partial charge in [0.1, 0.15) is 11.6 Å². The molecule has 0 bridgehead atoms. The molecule has 1 aromatic heterocycles. The minimum atomic E-state index is -3.65. The van der Waals surface area contributed by atoms with Gasteiger partial charge in [0, 0.05) is 46.1 Å². The first-order valence-corrected chi connectivity index (χ1v) is 13.8. The molecule has 1 amide bonds. The van der Waals surface area contributed by atoms with Crippen LogP contribution in [0.1, 0.15) is 38.1 Å². The van der Waals surface area contributed by atoms with Gasteiger partial charge in [-0.3, -0.25) is 4.79 Å². The fourth-order valence-electron chi connectivity index (χ4n) is 4.66. The second-order valence-corrected chi connectivity index (χ2v) is 11.3. The molecule has 9 heteroatoms. The first-order valence-electron chi connectivity index (χ1n) is 12.3. The maximum atomic E-state index is 13.3. The summed E-state index contributed by atoms with van der Waals surface area (Å²) in [4.78, 5) is 18.4. The summed E-state index contributed by atoms with van der Waals surface area (Å²) in [6.45, 7) is 6.46. The molecule has 5 rings (SSSR count). The molecule has 8 nitrogen and oxygen atoms in total. The van der Waals surface area contributed by atoms with Gasteiger partial charge in [-0.2, -0.15) is 4.31 Å². The predicted octanol–water partition coefficient (Wildman–Crippen LogP) is 3.29. The molecule has 186 valence electrons. The molecule has 1 aliphatic heterocycles. The smallest absolute Gasteiger partial charge is 0.243 e. The number of aromatic nitrogens is 2. The minimum absolute atomic E-state index is 0.0234. The molecule has 0 unspecified atom stereocenters. The van der Waals surface area contributed by atoms with E-state index in [1.807, 2.05) is 25.1 Å². The zero-order valence-electron chi connectivity index (χ0n) is 20.3. The van der Waals surface area contributed by atoms with Gasteiger partial charge in [0.05, 0.1) is 22.5 Å². The quantitative estimate of drug-likeness (QED) is 0.478. The number of piperazine rings is 1. The third-order valence-electron chi connectivity index (χ3n) is 6.85. The highest BCUT2D eigenvalue weighted by Crippen LogP contribution is 2.33. The summed E-state index contributed by atoms with van der Waals surface area (Å²) >= 11 is 0. The van der Waals surface area contributed by atoms with Crippen LogP contribution in [0.2, 0.25) is 0 Å². The van der Waals surface area contributed by atoms with Crippen molar-refractivity contribution in [3.05, 3.63) is 53.9 Å². The molecule has 1 saturated carbocycles. The van der Waals surface area contributed by atoms with E-state index in [-0.39, 0.29) is 10.8 Å². The number of rotatable bonds is 8. The van der Waals surface area contributed by atoms with Gasteiger partial charge in [-0.25, -0.2) is 13.4 Å². The molecule has 2 fully saturated rings. The second-order valence-electron chi connectivity index (χ2n) is 9.40. The molecule has 0 atom stereocenters. The van der Waals surface area contributed by atoms with Gasteiger partial charge in [-0.05, 0) is 61.6 Å². The summed E-state index contributed by atoms with van der Waals surface area (Å²) < 4.78 is 36.0. The van der Waals surface area contributed by atoms with Crippen LogP contribution < -0.4 is 4.74 Å². The van der Waals surface area contributed by atoms with Crippen molar-refractivity contribution in [1.82, 2.24) is 18.8 Å². The Kier molecular flexibility index (Phi) is 6.55. The Hall–Kier alpha value is -2.91. The Bertz CT molecular complexity index is 1320. The van der Waals surface area contributed by atoms with Crippen molar-refractivity contribution < 1.29 is 17.9 Å². The first-order chi connectivity index (χ1) is 16.8. The Balaban J connectivity index is 1.43. The molecule has 2 heterocycles. The molecule has 3 aromatic rings. The van der Waals surface area contributed by atoms with E-state index in [2.05, 4.69) is 16.7 Å². The van der Waals surface area contributed by atoms with Crippen molar-refractivity contribution in [1.29, 1.82) is 0 Å². The average molecular weight is 497 g/mol. The van der Waals surface area contributed by atoms with Crippen LogP contribution in [0.5, 0.6) is 5.75 Å². The Labute approximate surface area is 206 Å². The summed E-state index contributed by atoms with van der Waals surface area (Å²) in [7, 11) is -3.65. The van der Waals surface area contributed by atoms with Crippen molar-refractivity contribution in [2.24, 2.45) is 5.92 Å². The van der Waals surface area contributed by atoms with E-state index in [9.17, 15) is 13.2 Å². The summed E-state index contributed by atoms with van der Waals surface area (Å²) in [5.41, 5.74) is 2.81. The number of hydrogen-bond acceptors (Lipinski definition) is 5. The standard InChI is InChI=1S/C26H32N4O4S/c1-3-34-22-8-6-20(7-9-22)16-26-27-24-17-23(10-11-25(24)30(26)18-21-4-5-21)35(32,33)29-14-12-28(13-15-29)19(2)31/h6-11,17,21H,3-5,12-16,18H2,1-2H3. The fraction of sp³-hybridized carbons (Fsp3) is 0.462. The van der Waals surface area contributed by atoms with E-state index < -0.39 is 10.0 Å². The van der Waals surface area contributed by atoms with Crippen molar-refractivity contribution in [3.63, 3.8) is 0 Å².